The number of rotatable bonds is 10. The van der Waals surface area contributed by atoms with Gasteiger partial charge in [-0.3, -0.25) is 14.4 Å². The van der Waals surface area contributed by atoms with E-state index in [1.165, 1.54) is 24.3 Å². The lowest BCUT2D eigenvalue weighted by Crippen LogP contribution is -2.34. The number of carbonyl (C=O) groups is 3. The number of anilines is 1. The number of ether oxygens (including phenoxy) is 2. The minimum atomic E-state index is -0.553. The molecule has 3 amide bonds. The van der Waals surface area contributed by atoms with Crippen LogP contribution < -0.4 is 21.1 Å². The molecule has 2 fully saturated rings. The maximum Gasteiger partial charge on any atom is 0.262 e. The Morgan fingerprint density at radius 3 is 2.50 bits per heavy atom. The Bertz CT molecular complexity index is 1790. The van der Waals surface area contributed by atoms with Gasteiger partial charge in [-0.15, -0.1) is 0 Å². The number of hydrogen-bond acceptors (Lipinski definition) is 7. The molecular formula is C34H35ClFN5O5. The molecule has 3 aliphatic rings. The van der Waals surface area contributed by atoms with E-state index in [-0.39, 0.29) is 30.5 Å². The number of benzene rings is 3. The SMILES string of the molecule is COc1cc(-c2cccc(-c3cccc(NC(=O)C4=CN(C)C5OC5N(C)C4=O)c3C)c2Cl)cc(F)c1CNCC1(C(N)=O)CC1. The number of likely N-dealkylation sites (N-methyl/N-ethyl adjacent to an activating group) is 2. The fourth-order valence-electron chi connectivity index (χ4n) is 5.89. The minimum Gasteiger partial charge on any atom is -0.496 e. The normalized spacial score (nSPS) is 19.6. The molecule has 3 aromatic rings. The van der Waals surface area contributed by atoms with Crippen LogP contribution in [0.1, 0.15) is 24.0 Å². The second kappa shape index (κ2) is 12.1. The quantitative estimate of drug-likeness (QED) is 0.220. The van der Waals surface area contributed by atoms with Crippen molar-refractivity contribution in [3.05, 3.63) is 82.3 Å². The highest BCUT2D eigenvalue weighted by atomic mass is 35.5. The van der Waals surface area contributed by atoms with E-state index in [2.05, 4.69) is 10.6 Å². The first kappa shape index (κ1) is 31.5. The topological polar surface area (TPSA) is 130 Å². The minimum absolute atomic E-state index is 0.000155. The zero-order valence-electron chi connectivity index (χ0n) is 25.9. The van der Waals surface area contributed by atoms with Gasteiger partial charge in [-0.1, -0.05) is 41.9 Å². The van der Waals surface area contributed by atoms with Crippen LogP contribution in [0, 0.1) is 18.2 Å². The maximum absolute atomic E-state index is 15.5. The molecule has 2 aliphatic heterocycles. The lowest BCUT2D eigenvalue weighted by molar-refractivity contribution is -0.129. The van der Waals surface area contributed by atoms with E-state index in [1.54, 1.807) is 43.3 Å². The van der Waals surface area contributed by atoms with Gasteiger partial charge in [-0.2, -0.15) is 0 Å². The number of nitrogens with two attached hydrogens (primary N) is 1. The summed E-state index contributed by atoms with van der Waals surface area (Å²) in [4.78, 5) is 41.1. The van der Waals surface area contributed by atoms with Crippen molar-refractivity contribution in [2.45, 2.75) is 38.8 Å². The van der Waals surface area contributed by atoms with Crippen molar-refractivity contribution in [3.63, 3.8) is 0 Å². The first-order chi connectivity index (χ1) is 22.0. The molecular weight excluding hydrogens is 613 g/mol. The maximum atomic E-state index is 15.5. The Morgan fingerprint density at radius 1 is 1.11 bits per heavy atom. The highest BCUT2D eigenvalue weighted by Crippen LogP contribution is 2.45. The smallest absolute Gasteiger partial charge is 0.262 e. The number of halogens is 2. The third kappa shape index (κ3) is 5.70. The largest absolute Gasteiger partial charge is 0.496 e. The van der Waals surface area contributed by atoms with Crippen LogP contribution in [0.25, 0.3) is 22.3 Å². The molecule has 2 atom stereocenters. The Morgan fingerprint density at radius 2 is 1.80 bits per heavy atom. The number of epoxide rings is 1. The molecule has 12 heteroatoms. The lowest BCUT2D eigenvalue weighted by Gasteiger charge is -2.18. The number of primary amides is 1. The van der Waals surface area contributed by atoms with Gasteiger partial charge in [0.2, 0.25) is 5.91 Å². The summed E-state index contributed by atoms with van der Waals surface area (Å²) in [6.07, 6.45) is 2.29. The van der Waals surface area contributed by atoms with Crippen LogP contribution in [0.4, 0.5) is 10.1 Å². The third-order valence-corrected chi connectivity index (χ3v) is 9.46. The van der Waals surface area contributed by atoms with Crippen LogP contribution in [0.15, 0.2) is 60.3 Å². The number of carbonyl (C=O) groups excluding carboxylic acids is 3. The van der Waals surface area contributed by atoms with Crippen LogP contribution in [-0.2, 0) is 25.7 Å². The predicted molar refractivity (Wildman–Crippen MR) is 172 cm³/mol. The number of methoxy groups -OCH3 is 1. The fraction of sp³-hybridized carbons (Fsp3) is 0.324. The van der Waals surface area contributed by atoms with Crippen molar-refractivity contribution in [2.75, 3.05) is 33.1 Å². The van der Waals surface area contributed by atoms with E-state index in [4.69, 9.17) is 26.8 Å². The van der Waals surface area contributed by atoms with Crippen molar-refractivity contribution in [3.8, 4) is 28.0 Å². The number of amides is 3. The van der Waals surface area contributed by atoms with Crippen molar-refractivity contribution in [1.82, 2.24) is 15.1 Å². The van der Waals surface area contributed by atoms with E-state index in [1.807, 2.05) is 25.1 Å². The van der Waals surface area contributed by atoms with Gasteiger partial charge in [0.25, 0.3) is 11.8 Å². The molecule has 2 heterocycles. The summed E-state index contributed by atoms with van der Waals surface area (Å²) in [5, 5.41) is 6.43. The number of nitrogens with zero attached hydrogens (tertiary/aromatic N) is 2. The summed E-state index contributed by atoms with van der Waals surface area (Å²) in [6, 6.07) is 14.1. The number of hydrogen-bond donors (Lipinski definition) is 3. The first-order valence-electron chi connectivity index (χ1n) is 14.9. The van der Waals surface area contributed by atoms with Gasteiger partial charge in [0.1, 0.15) is 17.1 Å². The molecule has 0 aromatic heterocycles. The summed E-state index contributed by atoms with van der Waals surface area (Å²) in [6.45, 7) is 2.39. The first-order valence-corrected chi connectivity index (χ1v) is 15.3. The summed E-state index contributed by atoms with van der Waals surface area (Å²) < 4.78 is 26.6. The fourth-order valence-corrected chi connectivity index (χ4v) is 6.23. The molecule has 0 radical (unpaired) electrons. The molecule has 0 spiro atoms. The average molecular weight is 648 g/mol. The van der Waals surface area contributed by atoms with Crippen LogP contribution in [-0.4, -0.2) is 67.7 Å². The van der Waals surface area contributed by atoms with Crippen LogP contribution >= 0.6 is 11.6 Å². The van der Waals surface area contributed by atoms with Crippen LogP contribution in [0.3, 0.4) is 0 Å². The summed E-state index contributed by atoms with van der Waals surface area (Å²) in [7, 11) is 4.84. The lowest BCUT2D eigenvalue weighted by atomic mass is 9.94. The second-order valence-corrected chi connectivity index (χ2v) is 12.4. The van der Waals surface area contributed by atoms with E-state index in [9.17, 15) is 14.4 Å². The van der Waals surface area contributed by atoms with Gasteiger partial charge < -0.3 is 35.6 Å². The van der Waals surface area contributed by atoms with Gasteiger partial charge in [0, 0.05) is 55.8 Å². The van der Waals surface area contributed by atoms with E-state index in [0.717, 1.165) is 24.0 Å². The van der Waals surface area contributed by atoms with E-state index in [0.29, 0.717) is 45.3 Å². The van der Waals surface area contributed by atoms with Crippen molar-refractivity contribution in [1.29, 1.82) is 0 Å². The highest BCUT2D eigenvalue weighted by Gasteiger charge is 2.50. The molecule has 6 rings (SSSR count). The average Bonchev–Trinajstić information content (AvgIpc) is 3.96. The molecule has 0 bridgehead atoms. The molecule has 1 saturated heterocycles. The zero-order chi connectivity index (χ0) is 32.9. The molecule has 2 unspecified atom stereocenters. The third-order valence-electron chi connectivity index (χ3n) is 9.06. The standard InChI is InChI=1S/C34H35ClFN5O5/c1-18-20(7-6-10-26(18)39-29(42)24-16-40(2)31-32(46-31)41(3)30(24)43)22-9-5-8-21(28(22)35)19-13-25(36)23(27(14-19)45-4)15-38-17-34(11-12-34)33(37)44/h5-10,13-14,16,31-32,38H,11-12,15,17H2,1-4H3,(H2,37,44)(H,39,42). The van der Waals surface area contributed by atoms with E-state index < -0.39 is 23.0 Å². The number of fused-ring (bicyclic) bond motifs is 1. The Hall–Kier alpha value is -4.45. The van der Waals surface area contributed by atoms with Gasteiger partial charge >= 0.3 is 0 Å². The highest BCUT2D eigenvalue weighted by molar-refractivity contribution is 6.36. The second-order valence-electron chi connectivity index (χ2n) is 12.0. The monoisotopic (exact) mass is 647 g/mol. The van der Waals surface area contributed by atoms with Crippen molar-refractivity contribution >= 4 is 35.0 Å². The van der Waals surface area contributed by atoms with Gasteiger partial charge in [0.15, 0.2) is 12.5 Å². The van der Waals surface area contributed by atoms with Gasteiger partial charge in [-0.25, -0.2) is 4.39 Å². The molecule has 46 heavy (non-hydrogen) atoms. The molecule has 1 saturated carbocycles. The number of nitrogens with one attached hydrogen (secondary N) is 2. The van der Waals surface area contributed by atoms with Crippen LogP contribution in [0.2, 0.25) is 5.02 Å². The molecule has 1 aliphatic carbocycles. The molecule has 240 valence electrons. The molecule has 4 N–H and O–H groups in total. The Balaban J connectivity index is 1.25. The summed E-state index contributed by atoms with van der Waals surface area (Å²) in [5.74, 6) is -1.45. The molecule has 3 aromatic carbocycles. The van der Waals surface area contributed by atoms with Gasteiger partial charge in [0.05, 0.1) is 17.5 Å². The summed E-state index contributed by atoms with van der Waals surface area (Å²) in [5.41, 5.74) is 9.11. The zero-order valence-corrected chi connectivity index (χ0v) is 26.7. The Kier molecular flexibility index (Phi) is 8.26. The van der Waals surface area contributed by atoms with Crippen LogP contribution in [0.5, 0.6) is 5.75 Å². The Labute approximate surface area is 271 Å². The molecule has 10 nitrogen and oxygen atoms in total. The van der Waals surface area contributed by atoms with Crippen molar-refractivity contribution < 1.29 is 28.2 Å². The van der Waals surface area contributed by atoms with E-state index >= 15 is 4.39 Å². The summed E-state index contributed by atoms with van der Waals surface area (Å²) >= 11 is 6.99. The predicted octanol–water partition coefficient (Wildman–Crippen LogP) is 4.39. The van der Waals surface area contributed by atoms with Crippen molar-refractivity contribution in [2.24, 2.45) is 11.1 Å². The van der Waals surface area contributed by atoms with Gasteiger partial charge in [-0.05, 0) is 54.7 Å².